The van der Waals surface area contributed by atoms with Crippen LogP contribution in [-0.4, -0.2) is 54.1 Å². The second-order valence-corrected chi connectivity index (χ2v) is 8.61. The average molecular weight is 382 g/mol. The first-order valence-corrected chi connectivity index (χ1v) is 9.96. The highest BCUT2D eigenvalue weighted by Gasteiger charge is 2.73. The topological polar surface area (TPSA) is 92.3 Å². The highest BCUT2D eigenvalue weighted by Crippen LogP contribution is 2.73. The number of nitrogens with zero attached hydrogens (tertiary/aromatic N) is 4. The zero-order valence-corrected chi connectivity index (χ0v) is 16.4. The smallest absolute Gasteiger partial charge is 0.249 e. The van der Waals surface area contributed by atoms with Crippen LogP contribution in [0.2, 0.25) is 0 Å². The van der Waals surface area contributed by atoms with Gasteiger partial charge in [-0.25, -0.2) is 20.4 Å². The standard InChI is InChI=1S/C20H26N6O2/c1-26(14-3-5-21-6-4-14)16-7-13-8-23-17(24-15(13)9-22-16)19-10-20(11-19,12-19)18(27)25-28-2/h7-9,14,21H,3-6,10-12H2,1-2H3,(H,25,27). The van der Waals surface area contributed by atoms with E-state index in [0.717, 1.165) is 67.7 Å². The Morgan fingerprint density at radius 1 is 1.25 bits per heavy atom. The molecule has 0 atom stereocenters. The molecular formula is C20H26N6O2. The van der Waals surface area contributed by atoms with Crippen LogP contribution in [0.5, 0.6) is 0 Å². The van der Waals surface area contributed by atoms with E-state index in [1.807, 2.05) is 12.4 Å². The van der Waals surface area contributed by atoms with Gasteiger partial charge in [0.05, 0.1) is 24.2 Å². The number of nitrogens with one attached hydrogen (secondary N) is 2. The van der Waals surface area contributed by atoms with Crippen molar-refractivity contribution in [2.24, 2.45) is 5.41 Å². The molecule has 1 saturated heterocycles. The summed E-state index contributed by atoms with van der Waals surface area (Å²) in [7, 11) is 3.58. The summed E-state index contributed by atoms with van der Waals surface area (Å²) in [5.74, 6) is 1.79. The van der Waals surface area contributed by atoms with E-state index >= 15 is 0 Å². The Bertz CT molecular complexity index is 906. The largest absolute Gasteiger partial charge is 0.357 e. The van der Waals surface area contributed by atoms with Crippen LogP contribution in [0.1, 0.15) is 37.9 Å². The summed E-state index contributed by atoms with van der Waals surface area (Å²) in [6.07, 6.45) is 8.41. The van der Waals surface area contributed by atoms with Crippen molar-refractivity contribution in [3.8, 4) is 0 Å². The zero-order chi connectivity index (χ0) is 19.4. The minimum atomic E-state index is -0.284. The Hall–Kier alpha value is -2.32. The molecule has 2 bridgehead atoms. The van der Waals surface area contributed by atoms with Gasteiger partial charge in [-0.2, -0.15) is 0 Å². The van der Waals surface area contributed by atoms with Crippen LogP contribution in [0.15, 0.2) is 18.5 Å². The Morgan fingerprint density at radius 2 is 2.00 bits per heavy atom. The fourth-order valence-corrected chi connectivity index (χ4v) is 5.22. The van der Waals surface area contributed by atoms with Gasteiger partial charge < -0.3 is 10.2 Å². The number of fused-ring (bicyclic) bond motifs is 1. The van der Waals surface area contributed by atoms with Crippen LogP contribution in [0.3, 0.4) is 0 Å². The molecule has 2 N–H and O–H groups in total. The normalized spacial score (nSPS) is 29.1. The number of carbonyl (C=O) groups excluding carboxylic acids is 1. The van der Waals surface area contributed by atoms with Crippen molar-refractivity contribution in [2.75, 3.05) is 32.1 Å². The molecule has 0 aromatic carbocycles. The van der Waals surface area contributed by atoms with E-state index in [0.29, 0.717) is 6.04 Å². The van der Waals surface area contributed by atoms with E-state index in [4.69, 9.17) is 9.82 Å². The lowest BCUT2D eigenvalue weighted by Gasteiger charge is -2.67. The van der Waals surface area contributed by atoms with E-state index in [1.165, 1.54) is 7.11 Å². The van der Waals surface area contributed by atoms with Gasteiger partial charge in [0.2, 0.25) is 5.91 Å². The molecule has 0 radical (unpaired) electrons. The first-order chi connectivity index (χ1) is 13.6. The molecule has 6 rings (SSSR count). The van der Waals surface area contributed by atoms with Crippen molar-refractivity contribution in [1.29, 1.82) is 0 Å². The maximum Gasteiger partial charge on any atom is 0.249 e. The first-order valence-electron chi connectivity index (χ1n) is 9.96. The second-order valence-electron chi connectivity index (χ2n) is 8.61. The summed E-state index contributed by atoms with van der Waals surface area (Å²) >= 11 is 0. The average Bonchev–Trinajstić information content (AvgIpc) is 2.66. The molecule has 2 aromatic rings. The minimum absolute atomic E-state index is 0.0232. The van der Waals surface area contributed by atoms with Gasteiger partial charge in [0.1, 0.15) is 11.6 Å². The molecule has 0 spiro atoms. The maximum absolute atomic E-state index is 12.1. The molecule has 4 fully saturated rings. The van der Waals surface area contributed by atoms with Crippen LogP contribution in [0, 0.1) is 5.41 Å². The van der Waals surface area contributed by atoms with Gasteiger partial charge in [0.25, 0.3) is 0 Å². The Morgan fingerprint density at radius 3 is 2.71 bits per heavy atom. The number of aromatic nitrogens is 3. The van der Waals surface area contributed by atoms with Crippen molar-refractivity contribution in [3.63, 3.8) is 0 Å². The van der Waals surface area contributed by atoms with Crippen LogP contribution in [-0.2, 0) is 15.0 Å². The number of pyridine rings is 1. The van der Waals surface area contributed by atoms with Gasteiger partial charge in [0.15, 0.2) is 0 Å². The van der Waals surface area contributed by atoms with Gasteiger partial charge in [-0.1, -0.05) is 0 Å². The third-order valence-electron chi connectivity index (χ3n) is 6.85. The Balaban J connectivity index is 1.34. The molecule has 148 valence electrons. The van der Waals surface area contributed by atoms with Crippen LogP contribution >= 0.6 is 0 Å². The summed E-state index contributed by atoms with van der Waals surface area (Å²) in [5.41, 5.74) is 3.00. The lowest BCUT2D eigenvalue weighted by Crippen LogP contribution is -2.70. The van der Waals surface area contributed by atoms with Gasteiger partial charge in [-0.05, 0) is 51.3 Å². The highest BCUT2D eigenvalue weighted by molar-refractivity contribution is 5.87. The number of piperidine rings is 1. The molecule has 2 aromatic heterocycles. The monoisotopic (exact) mass is 382 g/mol. The molecule has 28 heavy (non-hydrogen) atoms. The molecule has 4 aliphatic rings. The summed E-state index contributed by atoms with van der Waals surface area (Å²) in [6.45, 7) is 2.11. The highest BCUT2D eigenvalue weighted by atomic mass is 16.6. The lowest BCUT2D eigenvalue weighted by molar-refractivity contribution is -0.187. The van der Waals surface area contributed by atoms with E-state index in [9.17, 15) is 4.79 Å². The Labute approximate surface area is 164 Å². The molecule has 0 unspecified atom stereocenters. The molecule has 8 heteroatoms. The van der Waals surface area contributed by atoms with Crippen molar-refractivity contribution >= 4 is 22.6 Å². The summed E-state index contributed by atoms with van der Waals surface area (Å²) in [5, 5.41) is 4.41. The molecule has 1 aliphatic heterocycles. The summed E-state index contributed by atoms with van der Waals surface area (Å²) < 4.78 is 0. The van der Waals surface area contributed by atoms with Crippen molar-refractivity contribution in [3.05, 3.63) is 24.3 Å². The number of hydrogen-bond acceptors (Lipinski definition) is 7. The third kappa shape index (κ3) is 2.58. The van der Waals surface area contributed by atoms with E-state index in [1.54, 1.807) is 0 Å². The van der Waals surface area contributed by atoms with Crippen LogP contribution in [0.25, 0.3) is 10.9 Å². The van der Waals surface area contributed by atoms with E-state index in [2.05, 4.69) is 38.8 Å². The fraction of sp³-hybridized carbons (Fsp3) is 0.600. The Kier molecular flexibility index (Phi) is 4.03. The molecular weight excluding hydrogens is 356 g/mol. The number of hydroxylamine groups is 1. The molecule has 1 amide bonds. The van der Waals surface area contributed by atoms with Gasteiger partial charge in [-0.15, -0.1) is 0 Å². The fourth-order valence-electron chi connectivity index (χ4n) is 5.22. The number of anilines is 1. The van der Waals surface area contributed by atoms with E-state index in [-0.39, 0.29) is 16.7 Å². The lowest BCUT2D eigenvalue weighted by atomic mass is 9.34. The van der Waals surface area contributed by atoms with Crippen molar-refractivity contribution in [1.82, 2.24) is 25.7 Å². The predicted molar refractivity (Wildman–Crippen MR) is 105 cm³/mol. The predicted octanol–water partition coefficient (Wildman–Crippen LogP) is 1.31. The molecule has 8 nitrogen and oxygen atoms in total. The minimum Gasteiger partial charge on any atom is -0.357 e. The van der Waals surface area contributed by atoms with E-state index < -0.39 is 0 Å². The number of carbonyl (C=O) groups is 1. The second kappa shape index (κ2) is 6.35. The SMILES string of the molecule is CONC(=O)C12CC(c3ncc4cc(N(C)C5CCNCC5)ncc4n3)(C1)C2. The molecule has 3 aliphatic carbocycles. The molecule has 3 saturated carbocycles. The van der Waals surface area contributed by atoms with Crippen molar-refractivity contribution in [2.45, 2.75) is 43.6 Å². The van der Waals surface area contributed by atoms with Crippen LogP contribution < -0.4 is 15.7 Å². The summed E-state index contributed by atoms with van der Waals surface area (Å²) in [6, 6.07) is 2.60. The quantitative estimate of drug-likeness (QED) is 0.753. The van der Waals surface area contributed by atoms with Crippen molar-refractivity contribution < 1.29 is 9.63 Å². The van der Waals surface area contributed by atoms with Gasteiger partial charge >= 0.3 is 0 Å². The summed E-state index contributed by atoms with van der Waals surface area (Å²) in [4.78, 5) is 33.3. The van der Waals surface area contributed by atoms with Gasteiger partial charge in [-0.3, -0.25) is 9.63 Å². The third-order valence-corrected chi connectivity index (χ3v) is 6.85. The first kappa shape index (κ1) is 17.8. The number of hydrogen-bond donors (Lipinski definition) is 2. The zero-order valence-electron chi connectivity index (χ0n) is 16.4. The number of rotatable bonds is 5. The number of amides is 1. The van der Waals surface area contributed by atoms with Crippen LogP contribution in [0.4, 0.5) is 5.82 Å². The maximum atomic E-state index is 12.1. The van der Waals surface area contributed by atoms with Gasteiger partial charge in [0, 0.05) is 30.1 Å². The molecule has 3 heterocycles.